The Labute approximate surface area is 79.9 Å². The van der Waals surface area contributed by atoms with Gasteiger partial charge in [0.1, 0.15) is 0 Å². The zero-order valence-corrected chi connectivity index (χ0v) is 8.75. The Morgan fingerprint density at radius 3 is 2.69 bits per heavy atom. The van der Waals surface area contributed by atoms with Crippen LogP contribution >= 0.6 is 0 Å². The fraction of sp³-hybridized carbons (Fsp3) is 0.700. The lowest BCUT2D eigenvalue weighted by atomic mass is 9.83. The number of aromatic nitrogens is 2. The third kappa shape index (κ3) is 2.31. The summed E-state index contributed by atoms with van der Waals surface area (Å²) in [4.78, 5) is 0. The van der Waals surface area contributed by atoms with E-state index < -0.39 is 0 Å². The van der Waals surface area contributed by atoms with Gasteiger partial charge in [0, 0.05) is 12.7 Å². The first-order chi connectivity index (χ1) is 6.10. The van der Waals surface area contributed by atoms with Gasteiger partial charge in [0.2, 0.25) is 0 Å². The summed E-state index contributed by atoms with van der Waals surface area (Å²) in [6, 6.07) is 0. The van der Waals surface area contributed by atoms with Crippen LogP contribution in [0.5, 0.6) is 0 Å². The maximum atomic E-state index is 5.56. The maximum Gasteiger partial charge on any atom is 0.0527 e. The Balaban J connectivity index is 2.80. The van der Waals surface area contributed by atoms with E-state index in [0.717, 1.165) is 19.5 Å². The molecule has 0 saturated heterocycles. The molecule has 0 aliphatic carbocycles. The Bertz CT molecular complexity index is 263. The van der Waals surface area contributed by atoms with E-state index in [1.165, 1.54) is 5.56 Å². The minimum Gasteiger partial charge on any atom is -0.330 e. The van der Waals surface area contributed by atoms with Crippen molar-refractivity contribution >= 4 is 0 Å². The molecule has 0 unspecified atom stereocenters. The normalized spacial score (nSPS) is 12.0. The van der Waals surface area contributed by atoms with Crippen LogP contribution in [0.4, 0.5) is 0 Å². The van der Waals surface area contributed by atoms with Crippen molar-refractivity contribution in [1.29, 1.82) is 0 Å². The van der Waals surface area contributed by atoms with Crippen LogP contribution in [0.2, 0.25) is 0 Å². The molecule has 1 aromatic heterocycles. The summed E-state index contributed by atoms with van der Waals surface area (Å²) in [5.74, 6) is 0. The van der Waals surface area contributed by atoms with Crippen LogP contribution in [0.3, 0.4) is 0 Å². The van der Waals surface area contributed by atoms with E-state index in [-0.39, 0.29) is 5.41 Å². The molecule has 0 radical (unpaired) electrons. The average molecular weight is 181 g/mol. The molecule has 74 valence electrons. The van der Waals surface area contributed by atoms with Crippen molar-refractivity contribution in [3.63, 3.8) is 0 Å². The van der Waals surface area contributed by atoms with Crippen molar-refractivity contribution in [2.45, 2.75) is 39.2 Å². The lowest BCUT2D eigenvalue weighted by Gasteiger charge is -2.21. The zero-order valence-electron chi connectivity index (χ0n) is 8.75. The number of hydrogen-bond acceptors (Lipinski definition) is 2. The number of hydrogen-bond donors (Lipinski definition) is 1. The number of nitrogens with zero attached hydrogens (tertiary/aromatic N) is 2. The summed E-state index contributed by atoms with van der Waals surface area (Å²) in [6.45, 7) is 8.16. The summed E-state index contributed by atoms with van der Waals surface area (Å²) in [5.41, 5.74) is 7.00. The first-order valence-electron chi connectivity index (χ1n) is 4.83. The quantitative estimate of drug-likeness (QED) is 0.765. The van der Waals surface area contributed by atoms with E-state index in [9.17, 15) is 0 Å². The van der Waals surface area contributed by atoms with E-state index in [0.29, 0.717) is 0 Å². The lowest BCUT2D eigenvalue weighted by molar-refractivity contribution is 0.486. The van der Waals surface area contributed by atoms with E-state index in [1.807, 2.05) is 10.9 Å². The third-order valence-corrected chi connectivity index (χ3v) is 2.51. The van der Waals surface area contributed by atoms with Crippen molar-refractivity contribution in [3.05, 3.63) is 18.0 Å². The van der Waals surface area contributed by atoms with Crippen molar-refractivity contribution in [1.82, 2.24) is 9.78 Å². The van der Waals surface area contributed by atoms with Gasteiger partial charge in [-0.05, 0) is 30.9 Å². The highest BCUT2D eigenvalue weighted by Crippen LogP contribution is 2.25. The van der Waals surface area contributed by atoms with Crippen LogP contribution in [0.15, 0.2) is 12.4 Å². The smallest absolute Gasteiger partial charge is 0.0527 e. The predicted molar refractivity (Wildman–Crippen MR) is 54.6 cm³/mol. The SMILES string of the molecule is CCn1cc(C(C)(C)CCN)cn1. The predicted octanol–water partition coefficient (Wildman–Crippen LogP) is 1.53. The Kier molecular flexibility index (Phi) is 3.09. The first kappa shape index (κ1) is 10.3. The minimum atomic E-state index is 0.155. The molecule has 1 aromatic rings. The van der Waals surface area contributed by atoms with Gasteiger partial charge in [-0.15, -0.1) is 0 Å². The number of nitrogens with two attached hydrogens (primary N) is 1. The molecule has 1 rings (SSSR count). The molecule has 0 fully saturated rings. The van der Waals surface area contributed by atoms with Crippen LogP contribution in [0, 0.1) is 0 Å². The summed E-state index contributed by atoms with van der Waals surface area (Å²) in [7, 11) is 0. The molecular weight excluding hydrogens is 162 g/mol. The third-order valence-electron chi connectivity index (χ3n) is 2.51. The van der Waals surface area contributed by atoms with Crippen molar-refractivity contribution < 1.29 is 0 Å². The maximum absolute atomic E-state index is 5.56. The minimum absolute atomic E-state index is 0.155. The van der Waals surface area contributed by atoms with Crippen LogP contribution < -0.4 is 5.73 Å². The van der Waals surface area contributed by atoms with Gasteiger partial charge in [0.15, 0.2) is 0 Å². The standard InChI is InChI=1S/C10H19N3/c1-4-13-8-9(7-12-13)10(2,3)5-6-11/h7-8H,4-6,11H2,1-3H3. The number of rotatable bonds is 4. The molecule has 13 heavy (non-hydrogen) atoms. The summed E-state index contributed by atoms with van der Waals surface area (Å²) in [6.07, 6.45) is 5.05. The summed E-state index contributed by atoms with van der Waals surface area (Å²) >= 11 is 0. The highest BCUT2D eigenvalue weighted by molar-refractivity contribution is 5.16. The van der Waals surface area contributed by atoms with E-state index in [4.69, 9.17) is 5.73 Å². The molecule has 2 N–H and O–H groups in total. The molecule has 0 amide bonds. The summed E-state index contributed by atoms with van der Waals surface area (Å²) in [5, 5.41) is 4.26. The molecule has 0 atom stereocenters. The van der Waals surface area contributed by atoms with Crippen molar-refractivity contribution in [3.8, 4) is 0 Å². The molecule has 0 aliphatic heterocycles. The highest BCUT2D eigenvalue weighted by atomic mass is 15.3. The lowest BCUT2D eigenvalue weighted by Crippen LogP contribution is -2.21. The number of aryl methyl sites for hydroxylation is 1. The molecule has 0 saturated carbocycles. The first-order valence-corrected chi connectivity index (χ1v) is 4.83. The molecule has 3 heteroatoms. The molecule has 0 bridgehead atoms. The van der Waals surface area contributed by atoms with Crippen LogP contribution in [-0.2, 0) is 12.0 Å². The Morgan fingerprint density at radius 2 is 2.23 bits per heavy atom. The van der Waals surface area contributed by atoms with E-state index in [2.05, 4.69) is 32.1 Å². The fourth-order valence-electron chi connectivity index (χ4n) is 1.39. The summed E-state index contributed by atoms with van der Waals surface area (Å²) < 4.78 is 1.95. The Hall–Kier alpha value is -0.830. The van der Waals surface area contributed by atoms with Gasteiger partial charge in [0.05, 0.1) is 6.20 Å². The molecular formula is C10H19N3. The van der Waals surface area contributed by atoms with Gasteiger partial charge in [-0.2, -0.15) is 5.10 Å². The van der Waals surface area contributed by atoms with Gasteiger partial charge >= 0.3 is 0 Å². The zero-order chi connectivity index (χ0) is 9.90. The molecule has 0 aromatic carbocycles. The molecule has 3 nitrogen and oxygen atoms in total. The van der Waals surface area contributed by atoms with Crippen LogP contribution in [0.25, 0.3) is 0 Å². The largest absolute Gasteiger partial charge is 0.330 e. The van der Waals surface area contributed by atoms with Crippen molar-refractivity contribution in [2.75, 3.05) is 6.54 Å². The van der Waals surface area contributed by atoms with Crippen LogP contribution in [-0.4, -0.2) is 16.3 Å². The molecule has 0 spiro atoms. The topological polar surface area (TPSA) is 43.8 Å². The second kappa shape index (κ2) is 3.92. The van der Waals surface area contributed by atoms with Gasteiger partial charge < -0.3 is 5.73 Å². The molecule has 0 aliphatic rings. The average Bonchev–Trinajstić information content (AvgIpc) is 2.52. The van der Waals surface area contributed by atoms with Crippen molar-refractivity contribution in [2.24, 2.45) is 5.73 Å². The van der Waals surface area contributed by atoms with Gasteiger partial charge in [-0.3, -0.25) is 4.68 Å². The van der Waals surface area contributed by atoms with Gasteiger partial charge in [-0.25, -0.2) is 0 Å². The second-order valence-electron chi connectivity index (χ2n) is 4.01. The van der Waals surface area contributed by atoms with Gasteiger partial charge in [-0.1, -0.05) is 13.8 Å². The Morgan fingerprint density at radius 1 is 1.54 bits per heavy atom. The highest BCUT2D eigenvalue weighted by Gasteiger charge is 2.20. The second-order valence-corrected chi connectivity index (χ2v) is 4.01. The van der Waals surface area contributed by atoms with Crippen LogP contribution in [0.1, 0.15) is 32.8 Å². The fourth-order valence-corrected chi connectivity index (χ4v) is 1.39. The van der Waals surface area contributed by atoms with E-state index >= 15 is 0 Å². The molecule has 1 heterocycles. The monoisotopic (exact) mass is 181 g/mol. The van der Waals surface area contributed by atoms with Gasteiger partial charge in [0.25, 0.3) is 0 Å². The van der Waals surface area contributed by atoms with E-state index in [1.54, 1.807) is 0 Å².